The Bertz CT molecular complexity index is 144. The molecule has 3 heteroatoms. The third-order valence-corrected chi connectivity index (χ3v) is 2.83. The van der Waals surface area contributed by atoms with Crippen LogP contribution in [0.2, 0.25) is 0 Å². The van der Waals surface area contributed by atoms with E-state index in [9.17, 15) is 8.78 Å². The van der Waals surface area contributed by atoms with Crippen molar-refractivity contribution in [1.82, 2.24) is 0 Å². The highest BCUT2D eigenvalue weighted by Gasteiger charge is 2.34. The fourth-order valence-corrected chi connectivity index (χ4v) is 1.87. The lowest BCUT2D eigenvalue weighted by atomic mass is 9.83. The molecule has 0 amide bonds. The van der Waals surface area contributed by atoms with Gasteiger partial charge in [0.25, 0.3) is 0 Å². The molecule has 0 bridgehead atoms. The number of aliphatic hydroxyl groups excluding tert-OH is 1. The van der Waals surface area contributed by atoms with E-state index in [1.54, 1.807) is 6.92 Å². The molecule has 1 aliphatic carbocycles. The van der Waals surface area contributed by atoms with Gasteiger partial charge < -0.3 is 5.11 Å². The molecule has 0 aromatic rings. The van der Waals surface area contributed by atoms with Gasteiger partial charge in [-0.15, -0.1) is 0 Å². The predicted molar refractivity (Wildman–Crippen MR) is 47.8 cm³/mol. The minimum Gasteiger partial charge on any atom is -0.393 e. The van der Waals surface area contributed by atoms with Gasteiger partial charge in [0.15, 0.2) is 0 Å². The zero-order valence-corrected chi connectivity index (χ0v) is 8.10. The molecule has 0 heterocycles. The number of hydrogen-bond acceptors (Lipinski definition) is 1. The number of halogens is 2. The zero-order chi connectivity index (χ0) is 9.90. The third-order valence-electron chi connectivity index (χ3n) is 2.83. The topological polar surface area (TPSA) is 20.2 Å². The molecule has 0 radical (unpaired) electrons. The quantitative estimate of drug-likeness (QED) is 0.728. The summed E-state index contributed by atoms with van der Waals surface area (Å²) in [6, 6.07) is 0. The van der Waals surface area contributed by atoms with Crippen molar-refractivity contribution >= 4 is 0 Å². The maximum absolute atomic E-state index is 12.7. The van der Waals surface area contributed by atoms with E-state index in [0.29, 0.717) is 18.8 Å². The number of aliphatic hydroxyl groups is 1. The van der Waals surface area contributed by atoms with Crippen molar-refractivity contribution in [2.45, 2.75) is 57.5 Å². The normalized spacial score (nSPS) is 25.8. The van der Waals surface area contributed by atoms with E-state index in [0.717, 1.165) is 12.8 Å². The number of alkyl halides is 2. The lowest BCUT2D eigenvalue weighted by Gasteiger charge is -2.28. The van der Waals surface area contributed by atoms with E-state index < -0.39 is 5.92 Å². The molecular formula is C10H18F2O. The summed E-state index contributed by atoms with van der Waals surface area (Å²) in [6.07, 6.45) is 2.68. The summed E-state index contributed by atoms with van der Waals surface area (Å²) < 4.78 is 25.5. The molecule has 0 unspecified atom stereocenters. The van der Waals surface area contributed by atoms with E-state index in [1.807, 2.05) is 0 Å². The lowest BCUT2D eigenvalue weighted by Crippen LogP contribution is -2.24. The summed E-state index contributed by atoms with van der Waals surface area (Å²) in [5.41, 5.74) is 0. The molecule has 0 saturated heterocycles. The van der Waals surface area contributed by atoms with E-state index in [2.05, 4.69) is 0 Å². The molecule has 1 atom stereocenters. The number of rotatable bonds is 3. The molecular weight excluding hydrogens is 174 g/mol. The van der Waals surface area contributed by atoms with E-state index in [4.69, 9.17) is 5.11 Å². The molecule has 1 N–H and O–H groups in total. The second-order valence-corrected chi connectivity index (χ2v) is 4.23. The smallest absolute Gasteiger partial charge is 0.248 e. The first-order chi connectivity index (χ1) is 5.99. The Kier molecular flexibility index (Phi) is 3.65. The highest BCUT2D eigenvalue weighted by molar-refractivity contribution is 4.77. The van der Waals surface area contributed by atoms with Crippen LogP contribution in [0.3, 0.4) is 0 Å². The minimum absolute atomic E-state index is 0.0392. The van der Waals surface area contributed by atoms with E-state index >= 15 is 0 Å². The van der Waals surface area contributed by atoms with Crippen LogP contribution in [-0.2, 0) is 0 Å². The first kappa shape index (κ1) is 10.9. The molecule has 1 rings (SSSR count). The van der Waals surface area contributed by atoms with Gasteiger partial charge in [0.05, 0.1) is 6.10 Å². The molecule has 0 aromatic heterocycles. The van der Waals surface area contributed by atoms with Gasteiger partial charge in [-0.1, -0.05) is 0 Å². The van der Waals surface area contributed by atoms with Crippen LogP contribution in [0, 0.1) is 5.92 Å². The second kappa shape index (κ2) is 4.36. The maximum Gasteiger partial charge on any atom is 0.248 e. The summed E-state index contributed by atoms with van der Waals surface area (Å²) in [6.45, 7) is 1.75. The highest BCUT2D eigenvalue weighted by Crippen LogP contribution is 2.37. The largest absolute Gasteiger partial charge is 0.393 e. The summed E-state index contributed by atoms with van der Waals surface area (Å²) in [7, 11) is 0. The molecule has 1 aliphatic rings. The summed E-state index contributed by atoms with van der Waals surface area (Å²) in [5, 5.41) is 9.04. The van der Waals surface area contributed by atoms with Crippen LogP contribution >= 0.6 is 0 Å². The van der Waals surface area contributed by atoms with Gasteiger partial charge in [-0.3, -0.25) is 0 Å². The maximum atomic E-state index is 12.7. The first-order valence-corrected chi connectivity index (χ1v) is 5.05. The molecule has 0 spiro atoms. The van der Waals surface area contributed by atoms with Crippen LogP contribution in [-0.4, -0.2) is 17.1 Å². The van der Waals surface area contributed by atoms with Crippen LogP contribution in [0.15, 0.2) is 0 Å². The van der Waals surface area contributed by atoms with Crippen LogP contribution in [0.4, 0.5) is 8.78 Å². The Morgan fingerprint density at radius 3 is 2.38 bits per heavy atom. The minimum atomic E-state index is -2.42. The van der Waals surface area contributed by atoms with Crippen molar-refractivity contribution in [3.05, 3.63) is 0 Å². The Balaban J connectivity index is 2.18. The Hall–Kier alpha value is -0.180. The highest BCUT2D eigenvalue weighted by atomic mass is 19.3. The SMILES string of the molecule is C[C@H](O)CCC1CCC(F)(F)CC1. The van der Waals surface area contributed by atoms with Gasteiger partial charge in [0, 0.05) is 12.8 Å². The van der Waals surface area contributed by atoms with Crippen LogP contribution in [0.5, 0.6) is 0 Å². The molecule has 78 valence electrons. The molecule has 0 aliphatic heterocycles. The van der Waals surface area contributed by atoms with Crippen molar-refractivity contribution in [2.24, 2.45) is 5.92 Å². The third kappa shape index (κ3) is 4.03. The van der Waals surface area contributed by atoms with Crippen LogP contribution in [0.1, 0.15) is 45.4 Å². The van der Waals surface area contributed by atoms with Gasteiger partial charge in [-0.2, -0.15) is 0 Å². The summed E-state index contributed by atoms with van der Waals surface area (Å²) in [4.78, 5) is 0. The van der Waals surface area contributed by atoms with Crippen molar-refractivity contribution < 1.29 is 13.9 Å². The van der Waals surface area contributed by atoms with Crippen molar-refractivity contribution in [3.63, 3.8) is 0 Å². The molecule has 1 nitrogen and oxygen atoms in total. The average Bonchev–Trinajstić information content (AvgIpc) is 2.02. The second-order valence-electron chi connectivity index (χ2n) is 4.23. The van der Waals surface area contributed by atoms with E-state index in [1.165, 1.54) is 0 Å². The summed E-state index contributed by atoms with van der Waals surface area (Å²) >= 11 is 0. The Labute approximate surface area is 78.1 Å². The van der Waals surface area contributed by atoms with Crippen molar-refractivity contribution in [3.8, 4) is 0 Å². The number of hydrogen-bond donors (Lipinski definition) is 1. The van der Waals surface area contributed by atoms with Gasteiger partial charge in [-0.05, 0) is 38.5 Å². The molecule has 1 fully saturated rings. The van der Waals surface area contributed by atoms with Gasteiger partial charge in [-0.25, -0.2) is 8.78 Å². The average molecular weight is 192 g/mol. The molecule has 1 saturated carbocycles. The molecule has 13 heavy (non-hydrogen) atoms. The summed E-state index contributed by atoms with van der Waals surface area (Å²) in [5.74, 6) is -2.00. The van der Waals surface area contributed by atoms with Crippen molar-refractivity contribution in [2.75, 3.05) is 0 Å². The lowest BCUT2D eigenvalue weighted by molar-refractivity contribution is -0.0473. The standard InChI is InChI=1S/C10H18F2O/c1-8(13)2-3-9-4-6-10(11,12)7-5-9/h8-9,13H,2-7H2,1H3/t8-/m0/s1. The van der Waals surface area contributed by atoms with Crippen LogP contribution < -0.4 is 0 Å². The fourth-order valence-electron chi connectivity index (χ4n) is 1.87. The van der Waals surface area contributed by atoms with Crippen molar-refractivity contribution in [1.29, 1.82) is 0 Å². The first-order valence-electron chi connectivity index (χ1n) is 5.05. The molecule has 0 aromatic carbocycles. The fraction of sp³-hybridized carbons (Fsp3) is 1.00. The van der Waals surface area contributed by atoms with Gasteiger partial charge in [0.2, 0.25) is 5.92 Å². The van der Waals surface area contributed by atoms with E-state index in [-0.39, 0.29) is 18.9 Å². The van der Waals surface area contributed by atoms with Gasteiger partial charge >= 0.3 is 0 Å². The Morgan fingerprint density at radius 2 is 1.92 bits per heavy atom. The van der Waals surface area contributed by atoms with Crippen LogP contribution in [0.25, 0.3) is 0 Å². The van der Waals surface area contributed by atoms with Gasteiger partial charge in [0.1, 0.15) is 0 Å². The zero-order valence-electron chi connectivity index (χ0n) is 8.10. The monoisotopic (exact) mass is 192 g/mol. The Morgan fingerprint density at radius 1 is 1.38 bits per heavy atom. The predicted octanol–water partition coefficient (Wildman–Crippen LogP) is 2.97.